The Morgan fingerprint density at radius 3 is 2.32 bits per heavy atom. The second-order valence-electron chi connectivity index (χ2n) is 12.4. The lowest BCUT2D eigenvalue weighted by atomic mass is 9.47. The molecule has 0 unspecified atom stereocenters. The van der Waals surface area contributed by atoms with E-state index in [0.717, 1.165) is 64.2 Å². The lowest BCUT2D eigenvalue weighted by Crippen LogP contribution is -2.51. The molecule has 0 saturated heterocycles. The molecule has 34 heavy (non-hydrogen) atoms. The third kappa shape index (κ3) is 5.21. The van der Waals surface area contributed by atoms with E-state index in [1.54, 1.807) is 6.92 Å². The highest BCUT2D eigenvalue weighted by Crippen LogP contribution is 2.65. The number of hydrogen-bond donors (Lipinski definition) is 0. The fourth-order valence-electron chi connectivity index (χ4n) is 8.27. The predicted octanol–water partition coefficient (Wildman–Crippen LogP) is 7.14. The molecule has 4 heteroatoms. The Balaban J connectivity index is 1.25. The van der Waals surface area contributed by atoms with E-state index < -0.39 is 0 Å². The van der Waals surface area contributed by atoms with Crippen molar-refractivity contribution in [3.8, 4) is 0 Å². The van der Waals surface area contributed by atoms with E-state index in [9.17, 15) is 14.4 Å². The lowest BCUT2D eigenvalue weighted by molar-refractivity contribution is -0.160. The van der Waals surface area contributed by atoms with Gasteiger partial charge in [-0.05, 0) is 94.0 Å². The van der Waals surface area contributed by atoms with Gasteiger partial charge in [0.25, 0.3) is 0 Å². The van der Waals surface area contributed by atoms with Gasteiger partial charge in [-0.15, -0.1) is 0 Å². The van der Waals surface area contributed by atoms with Crippen LogP contribution in [0, 0.1) is 28.6 Å². The van der Waals surface area contributed by atoms with Gasteiger partial charge < -0.3 is 9.53 Å². The number of esters is 1. The predicted molar refractivity (Wildman–Crippen MR) is 134 cm³/mol. The Morgan fingerprint density at radius 2 is 1.59 bits per heavy atom. The molecule has 0 aromatic heterocycles. The van der Waals surface area contributed by atoms with Gasteiger partial charge in [0.05, 0.1) is 0 Å². The molecule has 0 N–H and O–H groups in total. The van der Waals surface area contributed by atoms with Crippen molar-refractivity contribution in [2.75, 3.05) is 0 Å². The summed E-state index contributed by atoms with van der Waals surface area (Å²) in [6.07, 6.45) is 18.3. The quantitative estimate of drug-likeness (QED) is 0.251. The number of fused-ring (bicyclic) bond motifs is 5. The van der Waals surface area contributed by atoms with E-state index in [1.807, 2.05) is 6.08 Å². The summed E-state index contributed by atoms with van der Waals surface area (Å²) < 4.78 is 6.15. The summed E-state index contributed by atoms with van der Waals surface area (Å²) in [5, 5.41) is 0. The fraction of sp³-hybridized carbons (Fsp3) is 0.833. The molecule has 3 fully saturated rings. The van der Waals surface area contributed by atoms with Gasteiger partial charge >= 0.3 is 5.97 Å². The zero-order chi connectivity index (χ0) is 24.3. The molecule has 0 aromatic rings. The molecule has 190 valence electrons. The Morgan fingerprint density at radius 1 is 0.882 bits per heavy atom. The Kier molecular flexibility index (Phi) is 8.04. The number of hydrogen-bond acceptors (Lipinski definition) is 4. The largest absolute Gasteiger partial charge is 0.462 e. The van der Waals surface area contributed by atoms with E-state index in [2.05, 4.69) is 13.8 Å². The molecule has 3 saturated carbocycles. The van der Waals surface area contributed by atoms with Crippen molar-refractivity contribution >= 4 is 17.5 Å². The summed E-state index contributed by atoms with van der Waals surface area (Å²) >= 11 is 0. The number of allylic oxidation sites excluding steroid dienone is 1. The fourth-order valence-corrected chi connectivity index (χ4v) is 8.27. The third-order valence-electron chi connectivity index (χ3n) is 10.3. The molecule has 4 nitrogen and oxygen atoms in total. The van der Waals surface area contributed by atoms with Crippen LogP contribution in [-0.4, -0.2) is 23.6 Å². The molecular weight excluding hydrogens is 424 g/mol. The van der Waals surface area contributed by atoms with Crippen molar-refractivity contribution in [1.29, 1.82) is 0 Å². The van der Waals surface area contributed by atoms with E-state index in [0.29, 0.717) is 42.8 Å². The first kappa shape index (κ1) is 25.6. The molecule has 4 rings (SSSR count). The number of rotatable bonds is 10. The number of carbonyl (C=O) groups excluding carboxylic acids is 3. The summed E-state index contributed by atoms with van der Waals surface area (Å²) in [6, 6.07) is 0. The van der Waals surface area contributed by atoms with Crippen molar-refractivity contribution in [3.63, 3.8) is 0 Å². The van der Waals surface area contributed by atoms with Gasteiger partial charge in [0.15, 0.2) is 5.78 Å². The first-order valence-electron chi connectivity index (χ1n) is 14.2. The van der Waals surface area contributed by atoms with Crippen LogP contribution >= 0.6 is 0 Å². The summed E-state index contributed by atoms with van der Waals surface area (Å²) in [4.78, 5) is 35.7. The van der Waals surface area contributed by atoms with Crippen molar-refractivity contribution in [2.24, 2.45) is 28.6 Å². The van der Waals surface area contributed by atoms with Gasteiger partial charge in [0.2, 0.25) is 0 Å². The molecule has 6 atom stereocenters. The van der Waals surface area contributed by atoms with Crippen LogP contribution in [0.15, 0.2) is 11.6 Å². The molecule has 4 aliphatic rings. The van der Waals surface area contributed by atoms with Crippen molar-refractivity contribution in [3.05, 3.63) is 11.6 Å². The van der Waals surface area contributed by atoms with Gasteiger partial charge in [-0.2, -0.15) is 0 Å². The normalized spacial score (nSPS) is 36.8. The van der Waals surface area contributed by atoms with Crippen molar-refractivity contribution in [1.82, 2.24) is 0 Å². The first-order valence-corrected chi connectivity index (χ1v) is 14.2. The SMILES string of the molecule is CC(=O)CCCCCCCCC(=O)O[C@H]1CC[C@H]2[C@@H]3CCC4=CC(=O)CC[C@]4(C)[C@H]3CC[C@]12C. The molecule has 4 aliphatic carbocycles. The van der Waals surface area contributed by atoms with Crippen LogP contribution in [0.5, 0.6) is 0 Å². The van der Waals surface area contributed by atoms with E-state index in [1.165, 1.54) is 24.8 Å². The van der Waals surface area contributed by atoms with Crippen LogP contribution in [0.4, 0.5) is 0 Å². The maximum absolute atomic E-state index is 12.7. The maximum Gasteiger partial charge on any atom is 0.306 e. The van der Waals surface area contributed by atoms with Gasteiger partial charge in [-0.3, -0.25) is 9.59 Å². The molecule has 0 bridgehead atoms. The Labute approximate surface area is 206 Å². The van der Waals surface area contributed by atoms with Crippen LogP contribution in [0.1, 0.15) is 124 Å². The number of carbonyl (C=O) groups is 3. The first-order chi connectivity index (χ1) is 16.2. The number of Topliss-reactive ketones (excluding diaryl/α,β-unsaturated/α-hetero) is 1. The topological polar surface area (TPSA) is 60.4 Å². The highest BCUT2D eigenvalue weighted by atomic mass is 16.5. The van der Waals surface area contributed by atoms with Crippen LogP contribution < -0.4 is 0 Å². The molecule has 0 amide bonds. The molecule has 0 aliphatic heterocycles. The molecule has 0 heterocycles. The average Bonchev–Trinajstić information content (AvgIpc) is 3.12. The summed E-state index contributed by atoms with van der Waals surface area (Å²) in [5.41, 5.74) is 1.75. The highest BCUT2D eigenvalue weighted by molar-refractivity contribution is 5.91. The molecule has 0 aromatic carbocycles. The Bertz CT molecular complexity index is 813. The standard InChI is InChI=1S/C30H46O4/c1-21(31)10-8-6-4-5-7-9-11-28(33)34-27-15-14-25-24-13-12-22-20-23(32)16-18-29(22,2)26(24)17-19-30(25,27)3/h20,24-27H,4-19H2,1-3H3/t24-,25-,26-,27-,29-,30-/m0/s1. The van der Waals surface area contributed by atoms with Crippen LogP contribution in [0.3, 0.4) is 0 Å². The minimum atomic E-state index is -0.00260. The monoisotopic (exact) mass is 470 g/mol. The van der Waals surface area contributed by atoms with E-state index in [-0.39, 0.29) is 28.7 Å². The van der Waals surface area contributed by atoms with Gasteiger partial charge in [0.1, 0.15) is 11.9 Å². The van der Waals surface area contributed by atoms with Crippen LogP contribution in [0.25, 0.3) is 0 Å². The van der Waals surface area contributed by atoms with Crippen LogP contribution in [0.2, 0.25) is 0 Å². The molecule has 0 radical (unpaired) electrons. The van der Waals surface area contributed by atoms with E-state index >= 15 is 0 Å². The average molecular weight is 471 g/mol. The molecular formula is C30H46O4. The number of ketones is 2. The third-order valence-corrected chi connectivity index (χ3v) is 10.3. The summed E-state index contributed by atoms with van der Waals surface area (Å²) in [5.74, 6) is 2.65. The zero-order valence-electron chi connectivity index (χ0n) is 21.8. The van der Waals surface area contributed by atoms with Crippen molar-refractivity contribution in [2.45, 2.75) is 130 Å². The van der Waals surface area contributed by atoms with Gasteiger partial charge in [-0.1, -0.05) is 45.1 Å². The maximum atomic E-state index is 12.7. The van der Waals surface area contributed by atoms with Gasteiger partial charge in [0, 0.05) is 24.7 Å². The minimum Gasteiger partial charge on any atom is -0.462 e. The highest BCUT2D eigenvalue weighted by Gasteiger charge is 2.59. The second-order valence-corrected chi connectivity index (χ2v) is 12.4. The smallest absolute Gasteiger partial charge is 0.306 e. The number of unbranched alkanes of at least 4 members (excludes halogenated alkanes) is 5. The second kappa shape index (κ2) is 10.7. The van der Waals surface area contributed by atoms with Crippen LogP contribution in [-0.2, 0) is 19.1 Å². The minimum absolute atomic E-state index is 0.00260. The van der Waals surface area contributed by atoms with Gasteiger partial charge in [-0.25, -0.2) is 0 Å². The zero-order valence-corrected chi connectivity index (χ0v) is 21.8. The molecule has 0 spiro atoms. The Hall–Kier alpha value is -1.45. The van der Waals surface area contributed by atoms with E-state index in [4.69, 9.17) is 4.74 Å². The van der Waals surface area contributed by atoms with Crippen molar-refractivity contribution < 1.29 is 19.1 Å². The lowest BCUT2D eigenvalue weighted by Gasteiger charge is -2.57. The number of ether oxygens (including phenoxy) is 1. The summed E-state index contributed by atoms with van der Waals surface area (Å²) in [6.45, 7) is 6.49. The summed E-state index contributed by atoms with van der Waals surface area (Å²) in [7, 11) is 0.